The molecular formula is C133H80N8O3. The molecule has 0 N–H and O–H groups in total. The van der Waals surface area contributed by atoms with Gasteiger partial charge in [0.15, 0.2) is 16.7 Å². The molecule has 9 heterocycles. The summed E-state index contributed by atoms with van der Waals surface area (Å²) in [5, 5.41) is 25.2. The first-order valence-electron chi connectivity index (χ1n) is 48.7. The molecule has 0 fully saturated rings. The molecule has 0 atom stereocenters. The maximum Gasteiger partial charge on any atom is 0.235 e. The summed E-state index contributed by atoms with van der Waals surface area (Å²) in [4.78, 5) is 26.5. The van der Waals surface area contributed by atoms with Gasteiger partial charge in [0.1, 0.15) is 27.8 Å². The predicted molar refractivity (Wildman–Crippen MR) is 596 cm³/mol. The minimum absolute atomic E-state index is 0.602. The van der Waals surface area contributed by atoms with Gasteiger partial charge in [-0.25, -0.2) is 24.9 Å². The molecule has 9 aromatic heterocycles. The number of benzene rings is 22. The maximum absolute atomic E-state index is 6.86. The molecule has 0 aliphatic heterocycles. The number of para-hydroxylation sites is 7. The Kier molecular flexibility index (Phi) is 18.8. The Morgan fingerprint density at radius 1 is 0.167 bits per heavy atom. The third-order valence-corrected chi connectivity index (χ3v) is 29.0. The Hall–Kier alpha value is -19.5. The van der Waals surface area contributed by atoms with Gasteiger partial charge in [-0.1, -0.05) is 413 Å². The van der Waals surface area contributed by atoms with Crippen molar-refractivity contribution in [3.05, 3.63) is 485 Å². The molecule has 0 saturated heterocycles. The van der Waals surface area contributed by atoms with Gasteiger partial charge in [0, 0.05) is 109 Å². The lowest BCUT2D eigenvalue weighted by Crippen LogP contribution is -2.03. The normalized spacial score (nSPS) is 11.9. The van der Waals surface area contributed by atoms with Crippen LogP contribution in [0.3, 0.4) is 0 Å². The average molecular weight is 1840 g/mol. The monoisotopic (exact) mass is 1840 g/mol. The minimum Gasteiger partial charge on any atom is -0.454 e. The number of furan rings is 3. The van der Waals surface area contributed by atoms with Crippen molar-refractivity contribution < 1.29 is 13.3 Å². The van der Waals surface area contributed by atoms with Crippen molar-refractivity contribution in [1.82, 2.24) is 38.6 Å². The summed E-state index contributed by atoms with van der Waals surface area (Å²) in [6.07, 6.45) is 0. The van der Waals surface area contributed by atoms with Gasteiger partial charge in [-0.05, 0) is 144 Å². The van der Waals surface area contributed by atoms with Crippen LogP contribution in [0.25, 0.3) is 292 Å². The van der Waals surface area contributed by atoms with E-state index < -0.39 is 0 Å². The quantitative estimate of drug-likeness (QED) is 0.133. The number of fused-ring (bicyclic) bond motifs is 33. The van der Waals surface area contributed by atoms with Crippen LogP contribution in [-0.4, -0.2) is 38.6 Å². The Balaban J connectivity index is 0.000000103. The van der Waals surface area contributed by atoms with Gasteiger partial charge in [-0.3, -0.25) is 9.13 Å². The molecule has 0 unspecified atom stereocenters. The van der Waals surface area contributed by atoms with Crippen LogP contribution in [0.15, 0.2) is 499 Å². The molecule has 31 aromatic rings. The van der Waals surface area contributed by atoms with E-state index in [0.29, 0.717) is 11.9 Å². The van der Waals surface area contributed by atoms with E-state index in [1.54, 1.807) is 0 Å². The van der Waals surface area contributed by atoms with E-state index in [1.807, 2.05) is 54.6 Å². The van der Waals surface area contributed by atoms with Crippen LogP contribution in [0.2, 0.25) is 0 Å². The predicted octanol–water partition coefficient (Wildman–Crippen LogP) is 35.6. The Morgan fingerprint density at radius 2 is 0.451 bits per heavy atom. The zero-order valence-corrected chi connectivity index (χ0v) is 77.5. The van der Waals surface area contributed by atoms with E-state index in [9.17, 15) is 0 Å². The molecule has 0 spiro atoms. The van der Waals surface area contributed by atoms with Gasteiger partial charge in [-0.2, -0.15) is 0 Å². The molecule has 0 radical (unpaired) electrons. The second-order valence-corrected chi connectivity index (χ2v) is 37.0. The number of hydrogen-bond acceptors (Lipinski definition) is 8. The fraction of sp³-hybridized carbons (Fsp3) is 0. The lowest BCUT2D eigenvalue weighted by atomic mass is 9.97. The molecule has 31 rings (SSSR count). The van der Waals surface area contributed by atoms with Crippen molar-refractivity contribution in [1.29, 1.82) is 0 Å². The first-order valence-corrected chi connectivity index (χ1v) is 48.7. The molecular weight excluding hydrogens is 1760 g/mol. The summed E-state index contributed by atoms with van der Waals surface area (Å²) in [5.74, 6) is 1.22. The molecule has 0 bridgehead atoms. The lowest BCUT2D eigenvalue weighted by molar-refractivity contribution is 0.670. The third-order valence-electron chi connectivity index (χ3n) is 29.0. The van der Waals surface area contributed by atoms with E-state index in [2.05, 4.69) is 444 Å². The highest BCUT2D eigenvalue weighted by molar-refractivity contribution is 6.38. The standard InChI is InChI=1S/C48H29N3O.C43H26N2O.C42H25N3O/c1-3-13-30(14-4-1)32-23-25-33(26-24-32)45-37-19-9-11-21-40(37)49-48(50-45)51-41-28-27-34(31-15-5-2-6-16-31)29-39(41)43-35-17-7-8-18-36(35)44-38-20-10-12-22-42(38)52-47(44)46(43)51;1-2-12-28(13-3-1)41-31-15-5-4-14-29(31)26-36(44-41)27-22-24-30(25-23-27)45-37-20-10-8-18-34(37)39-32-16-6-7-17-33(32)40-35-19-9-11-21-38(35)46-43(40)42(39)45;1-2-12-26(13-3-1)27-22-24-28(25-23-27)39-31-16-6-9-19-34(31)43-42(44-39)45-35-20-10-7-17-32(35)37-29-14-4-5-15-30(29)38-33-18-8-11-21-36(33)46-41(38)40(37)45/h1-29H;1-26H;1-25H. The Labute approximate surface area is 823 Å². The molecule has 22 aromatic carbocycles. The third kappa shape index (κ3) is 13.0. The maximum atomic E-state index is 6.86. The molecule has 144 heavy (non-hydrogen) atoms. The van der Waals surface area contributed by atoms with E-state index in [-0.39, 0.29) is 0 Å². The van der Waals surface area contributed by atoms with Crippen LogP contribution in [0, 0.1) is 0 Å². The smallest absolute Gasteiger partial charge is 0.235 e. The number of aromatic nitrogens is 8. The van der Waals surface area contributed by atoms with Crippen LogP contribution < -0.4 is 0 Å². The van der Waals surface area contributed by atoms with Crippen LogP contribution in [-0.2, 0) is 0 Å². The van der Waals surface area contributed by atoms with Gasteiger partial charge in [0.25, 0.3) is 0 Å². The van der Waals surface area contributed by atoms with Gasteiger partial charge in [0.05, 0.1) is 55.9 Å². The van der Waals surface area contributed by atoms with E-state index in [1.165, 1.54) is 70.9 Å². The van der Waals surface area contributed by atoms with Crippen LogP contribution in [0.4, 0.5) is 0 Å². The largest absolute Gasteiger partial charge is 0.454 e. The summed E-state index contributed by atoms with van der Waals surface area (Å²) in [7, 11) is 0. The van der Waals surface area contributed by atoms with Crippen LogP contribution in [0.5, 0.6) is 0 Å². The second kappa shape index (κ2) is 33.1. The van der Waals surface area contributed by atoms with E-state index in [0.717, 1.165) is 209 Å². The summed E-state index contributed by atoms with van der Waals surface area (Å²) in [6, 6.07) is 170. The first-order chi connectivity index (χ1) is 71.5. The first kappa shape index (κ1) is 81.7. The molecule has 11 heteroatoms. The molecule has 0 amide bonds. The number of hydrogen-bond donors (Lipinski definition) is 0. The lowest BCUT2D eigenvalue weighted by Gasteiger charge is -2.13. The number of pyridine rings is 1. The van der Waals surface area contributed by atoms with Crippen LogP contribution >= 0.6 is 0 Å². The summed E-state index contributed by atoms with van der Waals surface area (Å²) >= 11 is 0. The Morgan fingerprint density at radius 3 is 0.889 bits per heavy atom. The molecule has 0 saturated carbocycles. The van der Waals surface area contributed by atoms with Gasteiger partial charge >= 0.3 is 0 Å². The van der Waals surface area contributed by atoms with Crippen molar-refractivity contribution in [3.63, 3.8) is 0 Å². The summed E-state index contributed by atoms with van der Waals surface area (Å²) in [6.45, 7) is 0. The zero-order chi connectivity index (χ0) is 94.6. The van der Waals surface area contributed by atoms with Gasteiger partial charge < -0.3 is 17.8 Å². The summed E-state index contributed by atoms with van der Waals surface area (Å²) < 4.78 is 27.1. The van der Waals surface area contributed by atoms with Crippen molar-refractivity contribution >= 4 is 196 Å². The highest BCUT2D eigenvalue weighted by atomic mass is 16.3. The SMILES string of the molecule is c1ccc(-c2ccc(-c3nc(-n4c5ccc(-c6ccccc6)cc5c5c6ccccc6c6c7ccccc7oc6c54)nc4ccccc34)cc2)cc1.c1ccc(-c2ccc(-c3nc(-n4c5ccccc5c5c6ccccc6c6c7ccccc7oc6c54)nc4ccccc34)cc2)cc1.c1ccc(-c2nc(-c3ccc(-n4c5ccccc5c5c6ccccc6c6c7ccccc7oc6c54)cc3)cc3ccccc23)cc1. The second-order valence-electron chi connectivity index (χ2n) is 37.0. The van der Waals surface area contributed by atoms with Crippen LogP contribution in [0.1, 0.15) is 0 Å². The van der Waals surface area contributed by atoms with Gasteiger partial charge in [-0.15, -0.1) is 0 Å². The van der Waals surface area contributed by atoms with Crippen molar-refractivity contribution in [3.8, 4) is 96.0 Å². The van der Waals surface area contributed by atoms with Crippen molar-refractivity contribution in [2.75, 3.05) is 0 Å². The highest BCUT2D eigenvalue weighted by Crippen LogP contribution is 2.52. The van der Waals surface area contributed by atoms with Crippen molar-refractivity contribution in [2.45, 2.75) is 0 Å². The molecule has 0 aliphatic rings. The Bertz CT molecular complexity index is 10700. The molecule has 670 valence electrons. The van der Waals surface area contributed by atoms with Gasteiger partial charge in [0.2, 0.25) is 11.9 Å². The van der Waals surface area contributed by atoms with E-state index >= 15 is 0 Å². The number of rotatable bonds is 10. The number of nitrogens with zero attached hydrogens (tertiary/aromatic N) is 8. The van der Waals surface area contributed by atoms with Crippen molar-refractivity contribution in [2.24, 2.45) is 0 Å². The fourth-order valence-electron chi connectivity index (χ4n) is 22.5. The fourth-order valence-corrected chi connectivity index (χ4v) is 22.5. The zero-order valence-electron chi connectivity index (χ0n) is 77.5. The molecule has 11 nitrogen and oxygen atoms in total. The minimum atomic E-state index is 0.602. The topological polar surface area (TPSA) is 119 Å². The van der Waals surface area contributed by atoms with E-state index in [4.69, 9.17) is 38.2 Å². The summed E-state index contributed by atoms with van der Waals surface area (Å²) in [5.41, 5.74) is 29.3. The highest BCUT2D eigenvalue weighted by Gasteiger charge is 2.30. The average Bonchev–Trinajstić information content (AvgIpc) is 1.59. The molecule has 0 aliphatic carbocycles.